The fourth-order valence-corrected chi connectivity index (χ4v) is 4.72. The van der Waals surface area contributed by atoms with E-state index in [1.54, 1.807) is 6.92 Å². The van der Waals surface area contributed by atoms with Crippen LogP contribution in [0.3, 0.4) is 0 Å². The first kappa shape index (κ1) is 17.6. The molecule has 0 saturated carbocycles. The van der Waals surface area contributed by atoms with E-state index in [9.17, 15) is 13.2 Å². The van der Waals surface area contributed by atoms with Gasteiger partial charge >= 0.3 is 5.97 Å². The zero-order valence-corrected chi connectivity index (χ0v) is 14.7. The van der Waals surface area contributed by atoms with Crippen molar-refractivity contribution in [1.29, 1.82) is 0 Å². The third-order valence-electron chi connectivity index (χ3n) is 2.72. The van der Waals surface area contributed by atoms with E-state index < -0.39 is 10.0 Å². The minimum Gasteiger partial charge on any atom is -0.469 e. The van der Waals surface area contributed by atoms with Crippen molar-refractivity contribution < 1.29 is 17.9 Å². The molecule has 0 fully saturated rings. The maximum atomic E-state index is 12.2. The first-order valence-corrected chi connectivity index (χ1v) is 9.39. The molecule has 1 rings (SSSR count). The molecule has 0 unspecified atom stereocenters. The molecule has 1 aromatic rings. The zero-order chi connectivity index (χ0) is 15.2. The summed E-state index contributed by atoms with van der Waals surface area (Å²) in [5, 5.41) is 0. The Bertz CT molecular complexity index is 541. The van der Waals surface area contributed by atoms with Crippen molar-refractivity contribution in [2.75, 3.05) is 19.4 Å². The Morgan fingerprint density at radius 2 is 2.15 bits per heavy atom. The Labute approximate surface area is 132 Å². The minimum atomic E-state index is -3.35. The molecule has 0 aromatic carbocycles. The van der Waals surface area contributed by atoms with Crippen molar-refractivity contribution in [3.8, 4) is 0 Å². The van der Waals surface area contributed by atoms with Gasteiger partial charge in [-0.2, -0.15) is 4.31 Å². The molecular formula is C12H18BrNO4S2. The van der Waals surface area contributed by atoms with Gasteiger partial charge in [0, 0.05) is 24.4 Å². The van der Waals surface area contributed by atoms with E-state index in [0.29, 0.717) is 13.1 Å². The lowest BCUT2D eigenvalue weighted by molar-refractivity contribution is -0.140. The first-order chi connectivity index (χ1) is 9.39. The molecule has 114 valence electrons. The third-order valence-corrected chi connectivity index (χ3v) is 6.31. The number of nitrogens with zero attached hydrogens (tertiary/aromatic N) is 1. The Balaban J connectivity index is 2.60. The highest BCUT2D eigenvalue weighted by Crippen LogP contribution is 2.24. The lowest BCUT2D eigenvalue weighted by Crippen LogP contribution is -2.32. The molecule has 0 radical (unpaired) electrons. The summed E-state index contributed by atoms with van der Waals surface area (Å²) in [5.41, 5.74) is 0. The molecule has 5 nitrogen and oxygen atoms in total. The van der Waals surface area contributed by atoms with Gasteiger partial charge in [-0.05, 0) is 34.5 Å². The van der Waals surface area contributed by atoms with Crippen molar-refractivity contribution in [3.63, 3.8) is 0 Å². The molecular weight excluding hydrogens is 366 g/mol. The van der Waals surface area contributed by atoms with Crippen molar-refractivity contribution in [2.45, 2.75) is 26.3 Å². The van der Waals surface area contributed by atoms with Crippen LogP contribution in [0.4, 0.5) is 0 Å². The molecule has 20 heavy (non-hydrogen) atoms. The highest BCUT2D eigenvalue weighted by atomic mass is 79.9. The molecule has 0 saturated heterocycles. The number of hydrogen-bond acceptors (Lipinski definition) is 5. The van der Waals surface area contributed by atoms with Crippen LogP contribution in [-0.4, -0.2) is 38.1 Å². The number of halogens is 1. The van der Waals surface area contributed by atoms with Crippen LogP contribution in [0.1, 0.15) is 24.6 Å². The summed E-state index contributed by atoms with van der Waals surface area (Å²) in [7, 11) is -2.05. The summed E-state index contributed by atoms with van der Waals surface area (Å²) in [6, 6.07) is 3.80. The van der Waals surface area contributed by atoms with Crippen LogP contribution in [-0.2, 0) is 26.1 Å². The molecule has 0 bridgehead atoms. The van der Waals surface area contributed by atoms with Crippen LogP contribution in [0, 0.1) is 0 Å². The number of esters is 1. The second-order valence-electron chi connectivity index (χ2n) is 4.13. The number of carbonyl (C=O) groups excluding carboxylic acids is 1. The largest absolute Gasteiger partial charge is 0.469 e. The smallest absolute Gasteiger partial charge is 0.305 e. The van der Waals surface area contributed by atoms with Crippen LogP contribution in [0.2, 0.25) is 0 Å². The highest BCUT2D eigenvalue weighted by Gasteiger charge is 2.21. The predicted octanol–water partition coefficient (Wildman–Crippen LogP) is 2.62. The van der Waals surface area contributed by atoms with Gasteiger partial charge in [0.05, 0.1) is 16.6 Å². The van der Waals surface area contributed by atoms with Crippen LogP contribution in [0.5, 0.6) is 0 Å². The van der Waals surface area contributed by atoms with E-state index >= 15 is 0 Å². The zero-order valence-electron chi connectivity index (χ0n) is 11.5. The lowest BCUT2D eigenvalue weighted by Gasteiger charge is -2.19. The molecule has 0 aliphatic rings. The van der Waals surface area contributed by atoms with Crippen molar-refractivity contribution in [1.82, 2.24) is 4.31 Å². The van der Waals surface area contributed by atoms with Crippen molar-refractivity contribution >= 4 is 43.3 Å². The number of thiophene rings is 1. The van der Waals surface area contributed by atoms with Gasteiger partial charge in [0.2, 0.25) is 10.0 Å². The molecule has 0 amide bonds. The van der Waals surface area contributed by atoms with Crippen LogP contribution in [0.15, 0.2) is 15.9 Å². The Morgan fingerprint density at radius 3 is 2.65 bits per heavy atom. The topological polar surface area (TPSA) is 63.7 Å². The van der Waals surface area contributed by atoms with Gasteiger partial charge in [-0.3, -0.25) is 4.79 Å². The fraction of sp³-hybridized carbons (Fsp3) is 0.583. The first-order valence-electron chi connectivity index (χ1n) is 6.18. The molecule has 0 atom stereocenters. The second kappa shape index (κ2) is 8.11. The molecule has 0 spiro atoms. The normalized spacial score (nSPS) is 11.8. The number of rotatable bonds is 8. The van der Waals surface area contributed by atoms with E-state index in [1.807, 2.05) is 12.1 Å². The summed E-state index contributed by atoms with van der Waals surface area (Å²) in [5.74, 6) is -0.423. The van der Waals surface area contributed by atoms with E-state index in [2.05, 4.69) is 20.7 Å². The van der Waals surface area contributed by atoms with Gasteiger partial charge in [-0.15, -0.1) is 11.3 Å². The van der Waals surface area contributed by atoms with E-state index in [-0.39, 0.29) is 24.6 Å². The number of carbonyl (C=O) groups is 1. The predicted molar refractivity (Wildman–Crippen MR) is 83.1 cm³/mol. The van der Waals surface area contributed by atoms with Crippen molar-refractivity contribution in [3.05, 3.63) is 20.8 Å². The van der Waals surface area contributed by atoms with E-state index in [1.165, 1.54) is 22.8 Å². The number of methoxy groups -OCH3 is 1. The van der Waals surface area contributed by atoms with E-state index in [0.717, 1.165) is 8.66 Å². The maximum absolute atomic E-state index is 12.2. The lowest BCUT2D eigenvalue weighted by atomic mass is 10.3. The average Bonchev–Trinajstić information content (AvgIpc) is 2.80. The van der Waals surface area contributed by atoms with Crippen molar-refractivity contribution in [2.24, 2.45) is 0 Å². The Morgan fingerprint density at radius 1 is 1.45 bits per heavy atom. The SMILES string of the molecule is CCN(Cc1ccc(Br)s1)S(=O)(=O)CCCC(=O)OC. The molecule has 0 aliphatic carbocycles. The van der Waals surface area contributed by atoms with Crippen LogP contribution >= 0.6 is 27.3 Å². The van der Waals surface area contributed by atoms with Gasteiger partial charge < -0.3 is 4.74 Å². The number of sulfonamides is 1. The number of ether oxygens (including phenoxy) is 1. The van der Waals surface area contributed by atoms with Crippen LogP contribution in [0.25, 0.3) is 0 Å². The summed E-state index contributed by atoms with van der Waals surface area (Å²) in [4.78, 5) is 12.0. The summed E-state index contributed by atoms with van der Waals surface area (Å²) < 4.78 is 31.3. The monoisotopic (exact) mass is 383 g/mol. The molecule has 0 aliphatic heterocycles. The molecule has 1 aromatic heterocycles. The number of hydrogen-bond donors (Lipinski definition) is 0. The fourth-order valence-electron chi connectivity index (χ4n) is 1.65. The Kier molecular flexibility index (Phi) is 7.14. The third kappa shape index (κ3) is 5.51. The van der Waals surface area contributed by atoms with Gasteiger partial charge in [-0.25, -0.2) is 8.42 Å². The maximum Gasteiger partial charge on any atom is 0.305 e. The molecule has 8 heteroatoms. The van der Waals surface area contributed by atoms with Gasteiger partial charge in [0.15, 0.2) is 0 Å². The molecule has 0 N–H and O–H groups in total. The van der Waals surface area contributed by atoms with Gasteiger partial charge in [0.1, 0.15) is 0 Å². The average molecular weight is 384 g/mol. The van der Waals surface area contributed by atoms with Gasteiger partial charge in [-0.1, -0.05) is 6.92 Å². The minimum absolute atomic E-state index is 0.0392. The summed E-state index contributed by atoms with van der Waals surface area (Å²) in [6.07, 6.45) is 0.400. The summed E-state index contributed by atoms with van der Waals surface area (Å²) >= 11 is 4.88. The Hall–Kier alpha value is -0.440. The standard InChI is InChI=1S/C12H18BrNO4S2/c1-3-14(9-10-6-7-11(13)19-10)20(16,17)8-4-5-12(15)18-2/h6-7H,3-5,8-9H2,1-2H3. The summed E-state index contributed by atoms with van der Waals surface area (Å²) in [6.45, 7) is 2.59. The molecule has 1 heterocycles. The highest BCUT2D eigenvalue weighted by molar-refractivity contribution is 9.11. The van der Waals surface area contributed by atoms with Gasteiger partial charge in [0.25, 0.3) is 0 Å². The second-order valence-corrected chi connectivity index (χ2v) is 8.76. The van der Waals surface area contributed by atoms with E-state index in [4.69, 9.17) is 0 Å². The van der Waals surface area contributed by atoms with Crippen LogP contribution < -0.4 is 0 Å². The quantitative estimate of drug-likeness (QED) is 0.647.